The maximum absolute atomic E-state index is 12.7. The lowest BCUT2D eigenvalue weighted by Crippen LogP contribution is -2.14. The smallest absolute Gasteiger partial charge is 0.341 e. The van der Waals surface area contributed by atoms with Gasteiger partial charge in [-0.3, -0.25) is 9.48 Å². The number of hydrogen-bond donors (Lipinski definition) is 1. The zero-order valence-corrected chi connectivity index (χ0v) is 15.9. The number of nitrogens with zero attached hydrogens (tertiary/aromatic N) is 3. The van der Waals surface area contributed by atoms with Crippen LogP contribution in [0, 0.1) is 6.92 Å². The first kappa shape index (κ1) is 18.1. The third-order valence-corrected chi connectivity index (χ3v) is 5.17. The number of aryl methyl sites for hydroxylation is 3. The molecule has 0 saturated carbocycles. The van der Waals surface area contributed by atoms with E-state index >= 15 is 0 Å². The van der Waals surface area contributed by atoms with Gasteiger partial charge in [0.1, 0.15) is 5.00 Å². The molecule has 0 unspecified atom stereocenters. The van der Waals surface area contributed by atoms with Crippen LogP contribution < -0.4 is 5.32 Å². The van der Waals surface area contributed by atoms with Crippen molar-refractivity contribution in [1.29, 1.82) is 0 Å². The number of rotatable bonds is 5. The number of nitrogens with one attached hydrogen (secondary N) is 1. The number of esters is 1. The summed E-state index contributed by atoms with van der Waals surface area (Å²) < 4.78 is 6.76. The number of pyridine rings is 1. The van der Waals surface area contributed by atoms with E-state index < -0.39 is 5.97 Å². The zero-order chi connectivity index (χ0) is 18.8. The Labute approximate surface area is 155 Å². The summed E-state index contributed by atoms with van der Waals surface area (Å²) in [6.45, 7) is 5.90. The molecule has 0 aromatic carbocycles. The third kappa shape index (κ3) is 3.32. The summed E-state index contributed by atoms with van der Waals surface area (Å²) in [4.78, 5) is 30.2. The Bertz CT molecular complexity index is 990. The van der Waals surface area contributed by atoms with Crippen LogP contribution >= 0.6 is 11.3 Å². The molecule has 0 fully saturated rings. The second-order valence-corrected chi connectivity index (χ2v) is 6.92. The van der Waals surface area contributed by atoms with Gasteiger partial charge in [0.2, 0.25) is 0 Å². The minimum Gasteiger partial charge on any atom is -0.462 e. The van der Waals surface area contributed by atoms with E-state index in [0.717, 1.165) is 28.0 Å². The highest BCUT2D eigenvalue weighted by Gasteiger charge is 2.20. The fourth-order valence-electron chi connectivity index (χ4n) is 2.68. The van der Waals surface area contributed by atoms with Crippen molar-refractivity contribution < 1.29 is 14.3 Å². The van der Waals surface area contributed by atoms with Crippen molar-refractivity contribution in [3.8, 4) is 0 Å². The van der Waals surface area contributed by atoms with Gasteiger partial charge in [-0.1, -0.05) is 6.92 Å². The summed E-state index contributed by atoms with van der Waals surface area (Å²) in [5.74, 6) is -0.756. The number of ether oxygens (including phenoxy) is 1. The van der Waals surface area contributed by atoms with Crippen molar-refractivity contribution in [1.82, 2.24) is 14.8 Å². The monoisotopic (exact) mass is 372 g/mol. The number of carbonyl (C=O) groups excluding carboxylic acids is 2. The van der Waals surface area contributed by atoms with E-state index in [1.54, 1.807) is 23.7 Å². The highest BCUT2D eigenvalue weighted by Crippen LogP contribution is 2.30. The predicted octanol–water partition coefficient (Wildman–Crippen LogP) is 3.33. The molecular weight excluding hydrogens is 352 g/mol. The van der Waals surface area contributed by atoms with Crippen molar-refractivity contribution in [2.45, 2.75) is 27.2 Å². The molecule has 1 N–H and O–H groups in total. The Hall–Kier alpha value is -2.74. The minimum absolute atomic E-state index is 0.282. The van der Waals surface area contributed by atoms with E-state index in [1.165, 1.54) is 17.5 Å². The van der Waals surface area contributed by atoms with Gasteiger partial charge in [0.15, 0.2) is 5.65 Å². The number of thiophene rings is 1. The number of carbonyl (C=O) groups is 2. The lowest BCUT2D eigenvalue weighted by molar-refractivity contribution is 0.0528. The fourth-order valence-corrected chi connectivity index (χ4v) is 3.66. The number of anilines is 1. The van der Waals surface area contributed by atoms with Crippen molar-refractivity contribution in [2.75, 3.05) is 11.9 Å². The first-order chi connectivity index (χ1) is 12.4. The van der Waals surface area contributed by atoms with E-state index in [2.05, 4.69) is 15.4 Å². The molecule has 8 heteroatoms. The van der Waals surface area contributed by atoms with Crippen molar-refractivity contribution in [3.63, 3.8) is 0 Å². The van der Waals surface area contributed by atoms with Gasteiger partial charge in [0, 0.05) is 23.5 Å². The molecule has 0 spiro atoms. The molecule has 0 saturated heterocycles. The Morgan fingerprint density at radius 1 is 1.31 bits per heavy atom. The second kappa shape index (κ2) is 7.25. The van der Waals surface area contributed by atoms with Crippen LogP contribution in [0.1, 0.15) is 45.1 Å². The molecule has 3 rings (SSSR count). The average molecular weight is 372 g/mol. The van der Waals surface area contributed by atoms with E-state index in [4.69, 9.17) is 4.74 Å². The van der Waals surface area contributed by atoms with E-state index in [0.29, 0.717) is 16.1 Å². The van der Waals surface area contributed by atoms with Crippen LogP contribution in [-0.4, -0.2) is 33.2 Å². The second-order valence-electron chi connectivity index (χ2n) is 5.79. The predicted molar refractivity (Wildman–Crippen MR) is 101 cm³/mol. The van der Waals surface area contributed by atoms with Crippen molar-refractivity contribution in [2.24, 2.45) is 7.05 Å². The normalized spacial score (nSPS) is 10.9. The lowest BCUT2D eigenvalue weighted by atomic mass is 10.2. The molecule has 3 aromatic rings. The van der Waals surface area contributed by atoms with Crippen LogP contribution in [0.3, 0.4) is 0 Å². The van der Waals surface area contributed by atoms with Gasteiger partial charge in [0.05, 0.1) is 23.4 Å². The number of fused-ring (bicyclic) bond motifs is 1. The van der Waals surface area contributed by atoms with E-state index in [9.17, 15) is 9.59 Å². The molecule has 0 aliphatic rings. The van der Waals surface area contributed by atoms with E-state index in [-0.39, 0.29) is 12.5 Å². The van der Waals surface area contributed by atoms with Crippen molar-refractivity contribution in [3.05, 3.63) is 40.0 Å². The number of aromatic nitrogens is 3. The van der Waals surface area contributed by atoms with E-state index in [1.807, 2.05) is 20.9 Å². The van der Waals surface area contributed by atoms with Crippen LogP contribution in [0.25, 0.3) is 11.0 Å². The van der Waals surface area contributed by atoms with Crippen LogP contribution in [0.5, 0.6) is 0 Å². The molecule has 3 heterocycles. The third-order valence-electron chi connectivity index (χ3n) is 3.98. The SMILES string of the molecule is CCOC(=O)c1cc(CC)sc1NC(=O)c1cnc2c(c1)c(C)nn2C. The maximum atomic E-state index is 12.7. The summed E-state index contributed by atoms with van der Waals surface area (Å²) in [5.41, 5.74) is 2.32. The highest BCUT2D eigenvalue weighted by atomic mass is 32.1. The summed E-state index contributed by atoms with van der Waals surface area (Å²) in [5, 5.41) is 8.45. The Morgan fingerprint density at radius 2 is 2.08 bits per heavy atom. The molecule has 0 bridgehead atoms. The number of hydrogen-bond acceptors (Lipinski definition) is 6. The molecule has 136 valence electrons. The fraction of sp³-hybridized carbons (Fsp3) is 0.333. The summed E-state index contributed by atoms with van der Waals surface area (Å²) in [7, 11) is 1.81. The first-order valence-electron chi connectivity index (χ1n) is 8.35. The van der Waals surface area contributed by atoms with Gasteiger partial charge in [-0.05, 0) is 32.4 Å². The molecule has 26 heavy (non-hydrogen) atoms. The topological polar surface area (TPSA) is 86.1 Å². The number of amides is 1. The molecular formula is C18H20N4O3S. The Balaban J connectivity index is 1.91. The van der Waals surface area contributed by atoms with Gasteiger partial charge in [-0.25, -0.2) is 9.78 Å². The average Bonchev–Trinajstić information content (AvgIpc) is 3.16. The van der Waals surface area contributed by atoms with Gasteiger partial charge < -0.3 is 10.1 Å². The van der Waals surface area contributed by atoms with Crippen LogP contribution in [0.2, 0.25) is 0 Å². The molecule has 1 amide bonds. The quantitative estimate of drug-likeness (QED) is 0.694. The minimum atomic E-state index is -0.435. The lowest BCUT2D eigenvalue weighted by Gasteiger charge is -2.06. The highest BCUT2D eigenvalue weighted by molar-refractivity contribution is 7.16. The molecule has 0 radical (unpaired) electrons. The van der Waals surface area contributed by atoms with Gasteiger partial charge >= 0.3 is 5.97 Å². The molecule has 0 atom stereocenters. The maximum Gasteiger partial charge on any atom is 0.341 e. The van der Waals surface area contributed by atoms with Gasteiger partial charge in [0.25, 0.3) is 5.91 Å². The van der Waals surface area contributed by atoms with Crippen LogP contribution in [0.4, 0.5) is 5.00 Å². The Morgan fingerprint density at radius 3 is 2.77 bits per heavy atom. The standard InChI is InChI=1S/C18H20N4O3S/c1-5-12-8-14(18(24)25-6-2)17(26-12)20-16(23)11-7-13-10(3)21-22(4)15(13)19-9-11/h7-9H,5-6H2,1-4H3,(H,20,23). The molecule has 7 nitrogen and oxygen atoms in total. The largest absolute Gasteiger partial charge is 0.462 e. The van der Waals surface area contributed by atoms with Crippen LogP contribution in [-0.2, 0) is 18.2 Å². The summed E-state index contributed by atoms with van der Waals surface area (Å²) in [6.07, 6.45) is 2.28. The summed E-state index contributed by atoms with van der Waals surface area (Å²) >= 11 is 1.38. The Kier molecular flexibility index (Phi) is 5.03. The zero-order valence-electron chi connectivity index (χ0n) is 15.1. The first-order valence-corrected chi connectivity index (χ1v) is 9.16. The molecule has 0 aliphatic carbocycles. The van der Waals surface area contributed by atoms with Crippen LogP contribution in [0.15, 0.2) is 18.3 Å². The van der Waals surface area contributed by atoms with Crippen molar-refractivity contribution >= 4 is 39.2 Å². The molecule has 3 aromatic heterocycles. The summed E-state index contributed by atoms with van der Waals surface area (Å²) in [6, 6.07) is 3.53. The van der Waals surface area contributed by atoms with Gasteiger partial charge in [-0.2, -0.15) is 5.10 Å². The van der Waals surface area contributed by atoms with Gasteiger partial charge in [-0.15, -0.1) is 11.3 Å². The molecule has 0 aliphatic heterocycles.